The molecule has 1 spiro atoms. The molecule has 1 saturated heterocycles. The van der Waals surface area contributed by atoms with Crippen molar-refractivity contribution in [3.63, 3.8) is 0 Å². The Morgan fingerprint density at radius 3 is 2.84 bits per heavy atom. The van der Waals surface area contributed by atoms with Gasteiger partial charge in [-0.05, 0) is 55.2 Å². The van der Waals surface area contributed by atoms with Crippen LogP contribution in [0.4, 0.5) is 0 Å². The van der Waals surface area contributed by atoms with E-state index >= 15 is 0 Å². The Morgan fingerprint density at radius 2 is 2.10 bits per heavy atom. The molecule has 31 heavy (non-hydrogen) atoms. The molecule has 3 atom stereocenters. The summed E-state index contributed by atoms with van der Waals surface area (Å²) in [7, 11) is 0. The van der Waals surface area contributed by atoms with E-state index in [1.54, 1.807) is 12.1 Å². The third-order valence-electron chi connectivity index (χ3n) is 6.45. The minimum atomic E-state index is -0.955. The molecule has 1 aromatic heterocycles. The lowest BCUT2D eigenvalue weighted by Crippen LogP contribution is -2.47. The van der Waals surface area contributed by atoms with Crippen LogP contribution in [0.2, 0.25) is 5.02 Å². The summed E-state index contributed by atoms with van der Waals surface area (Å²) in [6.45, 7) is 3.76. The zero-order chi connectivity index (χ0) is 21.6. The van der Waals surface area contributed by atoms with Gasteiger partial charge in [-0.25, -0.2) is 9.48 Å². The van der Waals surface area contributed by atoms with Gasteiger partial charge in [-0.1, -0.05) is 35.9 Å². The molecule has 0 radical (unpaired) electrons. The fraction of sp³-hybridized carbons (Fsp3) is 0.333. The molecule has 3 aromatic rings. The van der Waals surface area contributed by atoms with Gasteiger partial charge in [0.1, 0.15) is 0 Å². The Balaban J connectivity index is 1.34. The summed E-state index contributed by atoms with van der Waals surface area (Å²) in [4.78, 5) is 14.2. The molecule has 1 N–H and O–H groups in total. The zero-order valence-electron chi connectivity index (χ0n) is 17.2. The van der Waals surface area contributed by atoms with Crippen LogP contribution < -0.4 is 0 Å². The molecule has 6 nitrogen and oxygen atoms in total. The first-order chi connectivity index (χ1) is 14.9. The Labute approximate surface area is 186 Å². The second kappa shape index (κ2) is 7.79. The molecule has 0 saturated carbocycles. The van der Waals surface area contributed by atoms with Crippen molar-refractivity contribution in [1.29, 1.82) is 0 Å². The van der Waals surface area contributed by atoms with E-state index in [0.29, 0.717) is 5.02 Å². The number of piperidine rings is 1. The number of fused-ring (bicyclic) bond motifs is 2. The fourth-order valence-electron chi connectivity index (χ4n) is 4.93. The highest BCUT2D eigenvalue weighted by Gasteiger charge is 2.50. The first-order valence-electron chi connectivity index (χ1n) is 10.5. The standard InChI is InChI=1S/C24H24ClN3O3/c1-16-12-24(21-11-18(25)7-8-20(21)22(31-24)23(29)30)9-10-27(16)14-17-13-26-28(15-17)19-5-3-2-4-6-19/h2-8,11,13,15-16,22H,9-10,12,14H2,1H3,(H,29,30)/t16-,22?,24?/m0/s1. The zero-order valence-corrected chi connectivity index (χ0v) is 18.0. The van der Waals surface area contributed by atoms with Crippen molar-refractivity contribution >= 4 is 17.6 Å². The highest BCUT2D eigenvalue weighted by molar-refractivity contribution is 6.30. The van der Waals surface area contributed by atoms with Crippen molar-refractivity contribution in [2.24, 2.45) is 0 Å². The van der Waals surface area contributed by atoms with Crippen LogP contribution in [-0.2, 0) is 21.7 Å². The number of benzene rings is 2. The van der Waals surface area contributed by atoms with Gasteiger partial charge in [0, 0.05) is 35.9 Å². The SMILES string of the molecule is C[C@H]1CC2(CCN1Cc1cnn(-c3ccccc3)c1)OC(C(=O)O)c1ccc(Cl)cc12. The minimum Gasteiger partial charge on any atom is -0.479 e. The normalized spacial score (nSPS) is 25.6. The van der Waals surface area contributed by atoms with E-state index in [-0.39, 0.29) is 6.04 Å². The summed E-state index contributed by atoms with van der Waals surface area (Å²) in [5.41, 5.74) is 3.23. The lowest BCUT2D eigenvalue weighted by molar-refractivity contribution is -0.169. The molecular formula is C24H24ClN3O3. The van der Waals surface area contributed by atoms with Crippen LogP contribution in [0.25, 0.3) is 5.69 Å². The smallest absolute Gasteiger partial charge is 0.337 e. The molecule has 2 aliphatic rings. The Bertz CT molecular complexity index is 1120. The van der Waals surface area contributed by atoms with Gasteiger partial charge in [0.2, 0.25) is 0 Å². The third-order valence-corrected chi connectivity index (χ3v) is 6.69. The number of para-hydroxylation sites is 1. The number of aliphatic carboxylic acids is 1. The average molecular weight is 438 g/mol. The molecule has 160 valence electrons. The second-order valence-electron chi connectivity index (χ2n) is 8.46. The average Bonchev–Trinajstić information content (AvgIpc) is 3.34. The number of nitrogens with zero attached hydrogens (tertiary/aromatic N) is 3. The van der Waals surface area contributed by atoms with E-state index in [1.807, 2.05) is 47.3 Å². The maximum absolute atomic E-state index is 11.8. The lowest BCUT2D eigenvalue weighted by atomic mass is 9.80. The van der Waals surface area contributed by atoms with Crippen LogP contribution in [0.1, 0.15) is 42.6 Å². The molecule has 2 aromatic carbocycles. The number of rotatable bonds is 4. The Hall–Kier alpha value is -2.67. The number of likely N-dealkylation sites (tertiary alicyclic amines) is 1. The van der Waals surface area contributed by atoms with E-state index in [2.05, 4.69) is 23.1 Å². The number of halogens is 1. The molecule has 0 aliphatic carbocycles. The van der Waals surface area contributed by atoms with E-state index in [4.69, 9.17) is 16.3 Å². The predicted octanol–water partition coefficient (Wildman–Crippen LogP) is 4.56. The molecule has 2 unspecified atom stereocenters. The van der Waals surface area contributed by atoms with Crippen LogP contribution in [0.15, 0.2) is 60.9 Å². The second-order valence-corrected chi connectivity index (χ2v) is 8.90. The van der Waals surface area contributed by atoms with Gasteiger partial charge in [-0.2, -0.15) is 5.10 Å². The highest BCUT2D eigenvalue weighted by atomic mass is 35.5. The summed E-state index contributed by atoms with van der Waals surface area (Å²) in [5, 5.41) is 14.8. The van der Waals surface area contributed by atoms with Gasteiger partial charge in [-0.3, -0.25) is 4.90 Å². The molecule has 0 bridgehead atoms. The molecule has 0 amide bonds. The van der Waals surface area contributed by atoms with E-state index in [0.717, 1.165) is 48.3 Å². The third kappa shape index (κ3) is 3.65. The van der Waals surface area contributed by atoms with Gasteiger partial charge < -0.3 is 9.84 Å². The monoisotopic (exact) mass is 437 g/mol. The molecule has 2 aliphatic heterocycles. The van der Waals surface area contributed by atoms with Crippen molar-refractivity contribution in [2.75, 3.05) is 6.54 Å². The predicted molar refractivity (Wildman–Crippen MR) is 117 cm³/mol. The number of hydrogen-bond donors (Lipinski definition) is 1. The van der Waals surface area contributed by atoms with Crippen molar-refractivity contribution in [2.45, 2.75) is 44.1 Å². The maximum atomic E-state index is 11.8. The van der Waals surface area contributed by atoms with E-state index in [9.17, 15) is 9.90 Å². The quantitative estimate of drug-likeness (QED) is 0.648. The van der Waals surface area contributed by atoms with Gasteiger partial charge in [0.15, 0.2) is 6.10 Å². The Morgan fingerprint density at radius 1 is 1.29 bits per heavy atom. The highest BCUT2D eigenvalue weighted by Crippen LogP contribution is 2.51. The van der Waals surface area contributed by atoms with Crippen molar-refractivity contribution < 1.29 is 14.6 Å². The first-order valence-corrected chi connectivity index (χ1v) is 10.9. The summed E-state index contributed by atoms with van der Waals surface area (Å²) in [6, 6.07) is 15.7. The largest absolute Gasteiger partial charge is 0.479 e. The van der Waals surface area contributed by atoms with Crippen molar-refractivity contribution in [3.8, 4) is 5.69 Å². The number of hydrogen-bond acceptors (Lipinski definition) is 4. The number of aromatic nitrogens is 2. The van der Waals surface area contributed by atoms with Gasteiger partial charge in [-0.15, -0.1) is 0 Å². The number of carboxylic acid groups (broad SMARTS) is 1. The maximum Gasteiger partial charge on any atom is 0.337 e. The van der Waals surface area contributed by atoms with Gasteiger partial charge in [0.05, 0.1) is 17.5 Å². The van der Waals surface area contributed by atoms with Crippen LogP contribution in [-0.4, -0.2) is 38.3 Å². The molecule has 1 fully saturated rings. The van der Waals surface area contributed by atoms with E-state index < -0.39 is 17.7 Å². The molecular weight excluding hydrogens is 414 g/mol. The lowest BCUT2D eigenvalue weighted by Gasteiger charge is -2.43. The summed E-state index contributed by atoms with van der Waals surface area (Å²) in [6.07, 6.45) is 4.48. The van der Waals surface area contributed by atoms with Crippen molar-refractivity contribution in [3.05, 3.63) is 82.6 Å². The summed E-state index contributed by atoms with van der Waals surface area (Å²) >= 11 is 6.26. The molecule has 7 heteroatoms. The number of carbonyl (C=O) groups is 1. The van der Waals surface area contributed by atoms with E-state index in [1.165, 1.54) is 0 Å². The summed E-state index contributed by atoms with van der Waals surface area (Å²) in [5.74, 6) is -0.955. The van der Waals surface area contributed by atoms with Gasteiger partial charge >= 0.3 is 5.97 Å². The van der Waals surface area contributed by atoms with Crippen LogP contribution in [0.3, 0.4) is 0 Å². The minimum absolute atomic E-state index is 0.216. The van der Waals surface area contributed by atoms with Gasteiger partial charge in [0.25, 0.3) is 0 Å². The van der Waals surface area contributed by atoms with Crippen LogP contribution in [0, 0.1) is 0 Å². The van der Waals surface area contributed by atoms with Crippen molar-refractivity contribution in [1.82, 2.24) is 14.7 Å². The fourth-order valence-corrected chi connectivity index (χ4v) is 5.10. The topological polar surface area (TPSA) is 67.6 Å². The first kappa shape index (κ1) is 20.2. The molecule has 3 heterocycles. The van der Waals surface area contributed by atoms with Crippen LogP contribution >= 0.6 is 11.6 Å². The number of ether oxygens (including phenoxy) is 1. The Kier molecular flexibility index (Phi) is 5.08. The number of carboxylic acids is 1. The van der Waals surface area contributed by atoms with Crippen LogP contribution in [0.5, 0.6) is 0 Å². The molecule has 5 rings (SSSR count). The summed E-state index contributed by atoms with van der Waals surface area (Å²) < 4.78 is 8.10.